The first-order chi connectivity index (χ1) is 12.2. The number of nitrogens with zero attached hydrogens (tertiary/aromatic N) is 3. The van der Waals surface area contributed by atoms with Crippen LogP contribution in [0.25, 0.3) is 0 Å². The number of hydrogen-bond donors (Lipinski definition) is 2. The Kier molecular flexibility index (Phi) is 12.9. The van der Waals surface area contributed by atoms with Crippen molar-refractivity contribution in [3.05, 3.63) is 0 Å². The third kappa shape index (κ3) is 8.74. The first-order valence-corrected chi connectivity index (χ1v) is 10.7. The molecule has 0 atom stereocenters. The van der Waals surface area contributed by atoms with Crippen LogP contribution in [-0.4, -0.2) is 74.2 Å². The molecule has 0 bridgehead atoms. The van der Waals surface area contributed by atoms with Gasteiger partial charge in [-0.2, -0.15) is 0 Å². The highest BCUT2D eigenvalue weighted by Crippen LogP contribution is 2.26. The number of unbranched alkanes of at least 4 members (excludes halogenated alkanes) is 1. The Morgan fingerprint density at radius 1 is 1.08 bits per heavy atom. The molecule has 0 unspecified atom stereocenters. The summed E-state index contributed by atoms with van der Waals surface area (Å²) >= 11 is 0. The molecule has 26 heavy (non-hydrogen) atoms. The molecule has 1 saturated carbocycles. The highest BCUT2D eigenvalue weighted by molar-refractivity contribution is 14.0. The van der Waals surface area contributed by atoms with E-state index in [1.54, 1.807) is 0 Å². The van der Waals surface area contributed by atoms with Gasteiger partial charge in [-0.05, 0) is 52.6 Å². The fourth-order valence-electron chi connectivity index (χ4n) is 4.06. The van der Waals surface area contributed by atoms with Gasteiger partial charge < -0.3 is 20.4 Å². The summed E-state index contributed by atoms with van der Waals surface area (Å²) in [6.07, 6.45) is 10.8. The first-order valence-electron chi connectivity index (χ1n) is 10.7. The lowest BCUT2D eigenvalue weighted by atomic mass is 10.0. The summed E-state index contributed by atoms with van der Waals surface area (Å²) in [5.74, 6) is 1.01. The van der Waals surface area contributed by atoms with E-state index in [2.05, 4.69) is 41.3 Å². The number of likely N-dealkylation sites (N-methyl/N-ethyl adjacent to an activating group) is 1. The van der Waals surface area contributed by atoms with Crippen LogP contribution in [0.2, 0.25) is 0 Å². The van der Waals surface area contributed by atoms with Gasteiger partial charge in [0.05, 0.1) is 6.54 Å². The van der Waals surface area contributed by atoms with Crippen molar-refractivity contribution >= 4 is 29.9 Å². The van der Waals surface area contributed by atoms with Crippen molar-refractivity contribution in [1.82, 2.24) is 20.4 Å². The summed E-state index contributed by atoms with van der Waals surface area (Å²) < 4.78 is 0. The standard InChI is InChI=1S/C20H41N5.HI/c1-4-6-14-24(3)17-13-22-20(21-5-2)23-18-11-15-25(16-12-18)19-9-7-8-10-19;/h18-19H,4-17H2,1-3H3,(H2,21,22,23);1H. The molecule has 1 heterocycles. The van der Waals surface area contributed by atoms with Gasteiger partial charge in [-0.1, -0.05) is 26.2 Å². The van der Waals surface area contributed by atoms with Gasteiger partial charge in [-0.15, -0.1) is 24.0 Å². The van der Waals surface area contributed by atoms with E-state index in [-0.39, 0.29) is 24.0 Å². The molecule has 1 saturated heterocycles. The van der Waals surface area contributed by atoms with E-state index in [1.807, 2.05) is 0 Å². The molecule has 2 rings (SSSR count). The maximum absolute atomic E-state index is 4.79. The first kappa shape index (κ1) is 24.0. The second-order valence-corrected chi connectivity index (χ2v) is 7.81. The molecule has 5 nitrogen and oxygen atoms in total. The quantitative estimate of drug-likeness (QED) is 0.303. The molecule has 0 aromatic heterocycles. The zero-order valence-corrected chi connectivity index (χ0v) is 19.6. The van der Waals surface area contributed by atoms with Crippen LogP contribution in [-0.2, 0) is 0 Å². The lowest BCUT2D eigenvalue weighted by molar-refractivity contribution is 0.150. The number of hydrogen-bond acceptors (Lipinski definition) is 3. The number of piperidine rings is 1. The van der Waals surface area contributed by atoms with Gasteiger partial charge in [0.25, 0.3) is 0 Å². The van der Waals surface area contributed by atoms with Crippen molar-refractivity contribution in [2.24, 2.45) is 4.99 Å². The summed E-state index contributed by atoms with van der Waals surface area (Å²) in [7, 11) is 2.20. The molecule has 0 aromatic rings. The molecule has 2 aliphatic rings. The molecular weight excluding hydrogens is 437 g/mol. The van der Waals surface area contributed by atoms with Gasteiger partial charge in [0.2, 0.25) is 0 Å². The second-order valence-electron chi connectivity index (χ2n) is 7.81. The molecule has 0 spiro atoms. The normalized spacial score (nSPS) is 20.4. The molecule has 1 aliphatic heterocycles. The zero-order chi connectivity index (χ0) is 17.9. The predicted octanol–water partition coefficient (Wildman–Crippen LogP) is 3.30. The Morgan fingerprint density at radius 2 is 1.77 bits per heavy atom. The predicted molar refractivity (Wildman–Crippen MR) is 124 cm³/mol. The Labute approximate surface area is 178 Å². The van der Waals surface area contributed by atoms with E-state index in [9.17, 15) is 0 Å². The lowest BCUT2D eigenvalue weighted by Gasteiger charge is -2.36. The SMILES string of the molecule is CCCCN(C)CCN=C(NCC)NC1CCN(C2CCCC2)CC1.I. The number of aliphatic imine (C=N–C) groups is 1. The number of rotatable bonds is 9. The maximum Gasteiger partial charge on any atom is 0.191 e. The fraction of sp³-hybridized carbons (Fsp3) is 0.950. The molecule has 0 amide bonds. The molecule has 0 radical (unpaired) electrons. The smallest absolute Gasteiger partial charge is 0.191 e. The molecule has 6 heteroatoms. The number of nitrogens with one attached hydrogen (secondary N) is 2. The summed E-state index contributed by atoms with van der Waals surface area (Å²) in [6.45, 7) is 10.9. The Bertz CT molecular complexity index is 376. The third-order valence-electron chi connectivity index (χ3n) is 5.70. The van der Waals surface area contributed by atoms with Crippen LogP contribution in [0.3, 0.4) is 0 Å². The Morgan fingerprint density at radius 3 is 2.38 bits per heavy atom. The summed E-state index contributed by atoms with van der Waals surface area (Å²) in [5, 5.41) is 7.10. The molecule has 0 aromatic carbocycles. The van der Waals surface area contributed by atoms with Crippen LogP contribution in [0.1, 0.15) is 65.2 Å². The molecule has 154 valence electrons. The van der Waals surface area contributed by atoms with E-state index in [1.165, 1.54) is 71.0 Å². The van der Waals surface area contributed by atoms with Crippen LogP contribution < -0.4 is 10.6 Å². The minimum absolute atomic E-state index is 0. The van der Waals surface area contributed by atoms with E-state index in [0.717, 1.165) is 31.6 Å². The monoisotopic (exact) mass is 479 g/mol. The zero-order valence-electron chi connectivity index (χ0n) is 17.3. The van der Waals surface area contributed by atoms with E-state index < -0.39 is 0 Å². The molecule has 1 aliphatic carbocycles. The summed E-state index contributed by atoms with van der Waals surface area (Å²) in [6, 6.07) is 1.45. The van der Waals surface area contributed by atoms with Gasteiger partial charge >= 0.3 is 0 Å². The molecule has 2 fully saturated rings. The minimum Gasteiger partial charge on any atom is -0.357 e. The molecular formula is C20H42IN5. The van der Waals surface area contributed by atoms with E-state index >= 15 is 0 Å². The van der Waals surface area contributed by atoms with Crippen molar-refractivity contribution in [3.63, 3.8) is 0 Å². The van der Waals surface area contributed by atoms with Crippen LogP contribution >= 0.6 is 24.0 Å². The van der Waals surface area contributed by atoms with Crippen molar-refractivity contribution in [2.45, 2.75) is 77.3 Å². The van der Waals surface area contributed by atoms with E-state index in [0.29, 0.717) is 6.04 Å². The van der Waals surface area contributed by atoms with E-state index in [4.69, 9.17) is 4.99 Å². The highest BCUT2D eigenvalue weighted by Gasteiger charge is 2.27. The van der Waals surface area contributed by atoms with Crippen LogP contribution in [0.5, 0.6) is 0 Å². The van der Waals surface area contributed by atoms with Gasteiger partial charge in [-0.25, -0.2) is 0 Å². The van der Waals surface area contributed by atoms with Crippen LogP contribution in [0, 0.1) is 0 Å². The van der Waals surface area contributed by atoms with Crippen LogP contribution in [0.15, 0.2) is 4.99 Å². The molecule has 2 N–H and O–H groups in total. The number of halogens is 1. The van der Waals surface area contributed by atoms with Crippen molar-refractivity contribution < 1.29 is 0 Å². The minimum atomic E-state index is 0. The van der Waals surface area contributed by atoms with Crippen LogP contribution in [0.4, 0.5) is 0 Å². The van der Waals surface area contributed by atoms with Crippen molar-refractivity contribution in [1.29, 1.82) is 0 Å². The average molecular weight is 479 g/mol. The van der Waals surface area contributed by atoms with Gasteiger partial charge in [-0.3, -0.25) is 4.99 Å². The summed E-state index contributed by atoms with van der Waals surface area (Å²) in [4.78, 5) is 9.91. The van der Waals surface area contributed by atoms with Crippen molar-refractivity contribution in [3.8, 4) is 0 Å². The van der Waals surface area contributed by atoms with Crippen molar-refractivity contribution in [2.75, 3.05) is 46.3 Å². The summed E-state index contributed by atoms with van der Waals surface area (Å²) in [5.41, 5.74) is 0. The number of guanidine groups is 1. The maximum atomic E-state index is 4.79. The lowest BCUT2D eigenvalue weighted by Crippen LogP contribution is -2.50. The topological polar surface area (TPSA) is 42.9 Å². The Balaban J connectivity index is 0.00000338. The average Bonchev–Trinajstić information content (AvgIpc) is 3.15. The second kappa shape index (κ2) is 14.0. The fourth-order valence-corrected chi connectivity index (χ4v) is 4.06. The van der Waals surface area contributed by atoms with Gasteiger partial charge in [0.15, 0.2) is 5.96 Å². The Hall–Kier alpha value is -0.0800. The largest absolute Gasteiger partial charge is 0.357 e. The number of likely N-dealkylation sites (tertiary alicyclic amines) is 1. The van der Waals surface area contributed by atoms with Gasteiger partial charge in [0.1, 0.15) is 0 Å². The third-order valence-corrected chi connectivity index (χ3v) is 5.70. The highest BCUT2D eigenvalue weighted by atomic mass is 127. The van der Waals surface area contributed by atoms with Gasteiger partial charge in [0, 0.05) is 38.3 Å².